The van der Waals surface area contributed by atoms with Gasteiger partial charge in [-0.05, 0) is 38.1 Å². The van der Waals surface area contributed by atoms with Gasteiger partial charge >= 0.3 is 0 Å². The number of rotatable bonds is 1. The van der Waals surface area contributed by atoms with Crippen molar-refractivity contribution in [1.82, 2.24) is 5.32 Å². The van der Waals surface area contributed by atoms with Crippen LogP contribution >= 0.6 is 0 Å². The summed E-state index contributed by atoms with van der Waals surface area (Å²) in [4.78, 5) is 0. The molecule has 1 aromatic carbocycles. The van der Waals surface area contributed by atoms with E-state index >= 15 is 0 Å². The van der Waals surface area contributed by atoms with Crippen molar-refractivity contribution in [3.05, 3.63) is 30.3 Å². The Hall–Kier alpha value is -1.06. The van der Waals surface area contributed by atoms with Gasteiger partial charge in [-0.15, -0.1) is 0 Å². The fourth-order valence-electron chi connectivity index (χ4n) is 1.16. The molecule has 0 unspecified atom stereocenters. The largest absolute Gasteiger partial charge is 0.324 e. The van der Waals surface area contributed by atoms with Crippen LogP contribution in [-0.2, 0) is 0 Å². The topological polar surface area (TPSA) is 50.1 Å². The number of nitrogen functional groups attached to an aromatic ring is 1. The Balaban J connectivity index is 0.000000145. The van der Waals surface area contributed by atoms with Crippen LogP contribution in [0.5, 0.6) is 0 Å². The number of hydrogen-bond acceptors (Lipinski definition) is 3. The van der Waals surface area contributed by atoms with Gasteiger partial charge in [0.25, 0.3) is 0 Å². The van der Waals surface area contributed by atoms with Gasteiger partial charge in [0.15, 0.2) is 0 Å². The van der Waals surface area contributed by atoms with Gasteiger partial charge in [-0.1, -0.05) is 18.2 Å². The number of benzene rings is 1. The molecule has 3 heteroatoms. The molecule has 0 amide bonds. The van der Waals surface area contributed by atoms with Gasteiger partial charge in [0.1, 0.15) is 0 Å². The van der Waals surface area contributed by atoms with E-state index in [0.717, 1.165) is 5.69 Å². The van der Waals surface area contributed by atoms with Crippen LogP contribution in [0.4, 0.5) is 5.69 Å². The SMILES string of the molecule is C1CCNC1.NNc1ccccc1. The molecule has 0 atom stereocenters. The van der Waals surface area contributed by atoms with E-state index in [0.29, 0.717) is 0 Å². The van der Waals surface area contributed by atoms with Crippen molar-refractivity contribution in [2.75, 3.05) is 18.5 Å². The molecule has 0 radical (unpaired) electrons. The van der Waals surface area contributed by atoms with Gasteiger partial charge < -0.3 is 10.7 Å². The Morgan fingerprint density at radius 3 is 2.00 bits per heavy atom. The summed E-state index contributed by atoms with van der Waals surface area (Å²) in [6, 6.07) is 9.60. The molecule has 1 aromatic rings. The first-order chi connectivity index (χ1) is 6.43. The lowest BCUT2D eigenvalue weighted by molar-refractivity contribution is 0.857. The zero-order valence-electron chi connectivity index (χ0n) is 7.79. The lowest BCUT2D eigenvalue weighted by atomic mass is 10.3. The average Bonchev–Trinajstić information content (AvgIpc) is 2.77. The van der Waals surface area contributed by atoms with Crippen molar-refractivity contribution >= 4 is 5.69 Å². The predicted octanol–water partition coefficient (Wildman–Crippen LogP) is 1.34. The molecule has 1 saturated heterocycles. The highest BCUT2D eigenvalue weighted by molar-refractivity contribution is 5.40. The maximum atomic E-state index is 5.10. The van der Waals surface area contributed by atoms with Crippen LogP contribution in [0, 0.1) is 0 Å². The predicted molar refractivity (Wildman–Crippen MR) is 56.4 cm³/mol. The second-order valence-electron chi connectivity index (χ2n) is 2.97. The van der Waals surface area contributed by atoms with Crippen LogP contribution in [0.1, 0.15) is 12.8 Å². The Labute approximate surface area is 79.3 Å². The number of hydrazine groups is 1. The van der Waals surface area contributed by atoms with E-state index < -0.39 is 0 Å². The normalized spacial score (nSPS) is 14.5. The van der Waals surface area contributed by atoms with E-state index in [4.69, 9.17) is 5.84 Å². The molecule has 1 aliphatic rings. The van der Waals surface area contributed by atoms with E-state index in [1.807, 2.05) is 30.3 Å². The van der Waals surface area contributed by atoms with Crippen LogP contribution in [-0.4, -0.2) is 13.1 Å². The third kappa shape index (κ3) is 4.50. The zero-order valence-corrected chi connectivity index (χ0v) is 7.79. The second kappa shape index (κ2) is 6.46. The van der Waals surface area contributed by atoms with Crippen molar-refractivity contribution in [2.24, 2.45) is 5.84 Å². The summed E-state index contributed by atoms with van der Waals surface area (Å²) in [6.07, 6.45) is 2.78. The number of hydrogen-bond donors (Lipinski definition) is 3. The molecule has 2 rings (SSSR count). The lowest BCUT2D eigenvalue weighted by Gasteiger charge is -1.94. The number of para-hydroxylation sites is 1. The van der Waals surface area contributed by atoms with Crippen molar-refractivity contribution in [3.63, 3.8) is 0 Å². The van der Waals surface area contributed by atoms with E-state index in [-0.39, 0.29) is 0 Å². The van der Waals surface area contributed by atoms with E-state index in [2.05, 4.69) is 10.7 Å². The van der Waals surface area contributed by atoms with Gasteiger partial charge in [-0.2, -0.15) is 0 Å². The van der Waals surface area contributed by atoms with E-state index in [1.54, 1.807) is 0 Å². The minimum Gasteiger partial charge on any atom is -0.324 e. The Morgan fingerprint density at radius 2 is 1.69 bits per heavy atom. The van der Waals surface area contributed by atoms with Gasteiger partial charge in [0.2, 0.25) is 0 Å². The molecule has 72 valence electrons. The molecule has 0 aromatic heterocycles. The van der Waals surface area contributed by atoms with Gasteiger partial charge in [0.05, 0.1) is 0 Å². The molecule has 1 aliphatic heterocycles. The maximum Gasteiger partial charge on any atom is 0.0485 e. The summed E-state index contributed by atoms with van der Waals surface area (Å²) in [7, 11) is 0. The van der Waals surface area contributed by atoms with Crippen molar-refractivity contribution in [3.8, 4) is 0 Å². The maximum absolute atomic E-state index is 5.10. The van der Waals surface area contributed by atoms with Crippen LogP contribution in [0.2, 0.25) is 0 Å². The molecular weight excluding hydrogens is 162 g/mol. The summed E-state index contributed by atoms with van der Waals surface area (Å²) in [5.74, 6) is 5.10. The first-order valence-electron chi connectivity index (χ1n) is 4.66. The zero-order chi connectivity index (χ0) is 9.36. The third-order valence-corrected chi connectivity index (χ3v) is 1.90. The highest BCUT2D eigenvalue weighted by atomic mass is 15.2. The first-order valence-corrected chi connectivity index (χ1v) is 4.66. The van der Waals surface area contributed by atoms with Crippen molar-refractivity contribution in [1.29, 1.82) is 0 Å². The van der Waals surface area contributed by atoms with Crippen LogP contribution in [0.15, 0.2) is 30.3 Å². The average molecular weight is 179 g/mol. The fraction of sp³-hybridized carbons (Fsp3) is 0.400. The molecule has 4 N–H and O–H groups in total. The van der Waals surface area contributed by atoms with Crippen LogP contribution < -0.4 is 16.6 Å². The molecule has 3 nitrogen and oxygen atoms in total. The van der Waals surface area contributed by atoms with E-state index in [1.165, 1.54) is 25.9 Å². The fourth-order valence-corrected chi connectivity index (χ4v) is 1.16. The molecule has 13 heavy (non-hydrogen) atoms. The van der Waals surface area contributed by atoms with Crippen LogP contribution in [0.25, 0.3) is 0 Å². The molecule has 0 aliphatic carbocycles. The van der Waals surface area contributed by atoms with Gasteiger partial charge in [0, 0.05) is 5.69 Å². The Morgan fingerprint density at radius 1 is 1.08 bits per heavy atom. The quantitative estimate of drug-likeness (QED) is 0.450. The molecule has 0 spiro atoms. The molecular formula is C10H17N3. The Bertz CT molecular complexity index is 199. The van der Waals surface area contributed by atoms with E-state index in [9.17, 15) is 0 Å². The summed E-state index contributed by atoms with van der Waals surface area (Å²) in [5.41, 5.74) is 3.46. The minimum absolute atomic E-state index is 0.938. The molecule has 1 fully saturated rings. The highest BCUT2D eigenvalue weighted by Crippen LogP contribution is 2.00. The Kier molecular flexibility index (Phi) is 4.98. The number of nitrogens with one attached hydrogen (secondary N) is 2. The second-order valence-corrected chi connectivity index (χ2v) is 2.97. The standard InChI is InChI=1S/C6H8N2.C4H9N/c7-8-6-4-2-1-3-5-6;1-2-4-5-3-1/h1-5,8H,7H2;5H,1-4H2. The summed E-state index contributed by atoms with van der Waals surface area (Å²) in [6.45, 7) is 2.50. The summed E-state index contributed by atoms with van der Waals surface area (Å²) in [5, 5.41) is 3.22. The number of anilines is 1. The van der Waals surface area contributed by atoms with Crippen LogP contribution in [0.3, 0.4) is 0 Å². The monoisotopic (exact) mass is 179 g/mol. The van der Waals surface area contributed by atoms with Crippen molar-refractivity contribution in [2.45, 2.75) is 12.8 Å². The molecule has 0 saturated carbocycles. The molecule has 0 bridgehead atoms. The van der Waals surface area contributed by atoms with Gasteiger partial charge in [-0.25, -0.2) is 0 Å². The summed E-state index contributed by atoms with van der Waals surface area (Å²) >= 11 is 0. The number of nitrogens with two attached hydrogens (primary N) is 1. The minimum atomic E-state index is 0.938. The highest BCUT2D eigenvalue weighted by Gasteiger charge is 1.93. The smallest absolute Gasteiger partial charge is 0.0485 e. The van der Waals surface area contributed by atoms with Gasteiger partial charge in [-0.3, -0.25) is 5.84 Å². The summed E-state index contributed by atoms with van der Waals surface area (Å²) < 4.78 is 0. The molecule has 1 heterocycles. The third-order valence-electron chi connectivity index (χ3n) is 1.90. The van der Waals surface area contributed by atoms with Crippen molar-refractivity contribution < 1.29 is 0 Å². The lowest BCUT2D eigenvalue weighted by Crippen LogP contribution is -2.05. The first kappa shape index (κ1) is 10.0.